The SMILES string of the molecule is Cc1nn2cnnc2c(C)c1CCC(=O)N1CCC(Cn2c(C)ccc2C)CC1. The number of piperidine rings is 1. The Kier molecular flexibility index (Phi) is 5.39. The summed E-state index contributed by atoms with van der Waals surface area (Å²) in [6, 6.07) is 4.37. The number of hydrogen-bond acceptors (Lipinski definition) is 4. The maximum absolute atomic E-state index is 12.8. The van der Waals surface area contributed by atoms with Gasteiger partial charge in [-0.1, -0.05) is 0 Å². The summed E-state index contributed by atoms with van der Waals surface area (Å²) in [6.07, 6.45) is 5.00. The van der Waals surface area contributed by atoms with Gasteiger partial charge in [0.1, 0.15) is 6.33 Å². The summed E-state index contributed by atoms with van der Waals surface area (Å²) in [4.78, 5) is 14.8. The van der Waals surface area contributed by atoms with Crippen molar-refractivity contribution in [3.8, 4) is 0 Å². The van der Waals surface area contributed by atoms with Gasteiger partial charge in [0, 0.05) is 43.0 Å². The summed E-state index contributed by atoms with van der Waals surface area (Å²) >= 11 is 0. The zero-order valence-corrected chi connectivity index (χ0v) is 17.9. The second-order valence-corrected chi connectivity index (χ2v) is 8.34. The molecular formula is C22H30N6O. The summed E-state index contributed by atoms with van der Waals surface area (Å²) in [5, 5.41) is 12.6. The topological polar surface area (TPSA) is 68.3 Å². The molecule has 3 aromatic heterocycles. The average Bonchev–Trinajstić information content (AvgIpc) is 3.30. The lowest BCUT2D eigenvalue weighted by Crippen LogP contribution is -2.39. The minimum atomic E-state index is 0.247. The highest BCUT2D eigenvalue weighted by Crippen LogP contribution is 2.23. The third kappa shape index (κ3) is 3.91. The van der Waals surface area contributed by atoms with E-state index < -0.39 is 0 Å². The molecule has 1 aliphatic rings. The number of aromatic nitrogens is 5. The Hall–Kier alpha value is -2.70. The molecule has 4 heterocycles. The van der Waals surface area contributed by atoms with E-state index >= 15 is 0 Å². The summed E-state index contributed by atoms with van der Waals surface area (Å²) in [6.45, 7) is 11.2. The Bertz CT molecular complexity index is 1010. The molecule has 0 radical (unpaired) electrons. The molecule has 1 amide bonds. The van der Waals surface area contributed by atoms with Crippen molar-refractivity contribution in [2.75, 3.05) is 13.1 Å². The molecular weight excluding hydrogens is 364 g/mol. The van der Waals surface area contributed by atoms with E-state index in [4.69, 9.17) is 0 Å². The van der Waals surface area contributed by atoms with E-state index in [0.717, 1.165) is 54.9 Å². The normalized spacial score (nSPS) is 15.4. The van der Waals surface area contributed by atoms with Crippen LogP contribution in [0.4, 0.5) is 0 Å². The molecule has 0 bridgehead atoms. The van der Waals surface area contributed by atoms with Crippen molar-refractivity contribution in [2.24, 2.45) is 5.92 Å². The van der Waals surface area contributed by atoms with Crippen molar-refractivity contribution < 1.29 is 4.79 Å². The molecule has 0 unspecified atom stereocenters. The molecule has 0 aromatic carbocycles. The number of amides is 1. The van der Waals surface area contributed by atoms with Gasteiger partial charge in [0.2, 0.25) is 5.91 Å². The number of carbonyl (C=O) groups excluding carboxylic acids is 1. The summed E-state index contributed by atoms with van der Waals surface area (Å²) in [7, 11) is 0. The van der Waals surface area contributed by atoms with Crippen LogP contribution in [0.3, 0.4) is 0 Å². The quantitative estimate of drug-likeness (QED) is 0.667. The lowest BCUT2D eigenvalue weighted by molar-refractivity contribution is -0.132. The van der Waals surface area contributed by atoms with E-state index in [1.165, 1.54) is 11.4 Å². The van der Waals surface area contributed by atoms with Gasteiger partial charge < -0.3 is 9.47 Å². The van der Waals surface area contributed by atoms with Gasteiger partial charge in [-0.2, -0.15) is 5.10 Å². The first-order valence-corrected chi connectivity index (χ1v) is 10.5. The van der Waals surface area contributed by atoms with Gasteiger partial charge in [-0.25, -0.2) is 4.52 Å². The summed E-state index contributed by atoms with van der Waals surface area (Å²) in [5.41, 5.74) is 6.55. The van der Waals surface area contributed by atoms with E-state index in [1.807, 2.05) is 18.7 Å². The van der Waals surface area contributed by atoms with E-state index in [9.17, 15) is 4.79 Å². The zero-order chi connectivity index (χ0) is 20.5. The Morgan fingerprint density at radius 3 is 2.48 bits per heavy atom. The van der Waals surface area contributed by atoms with Crippen LogP contribution in [-0.4, -0.2) is 48.3 Å². The number of carbonyl (C=O) groups is 1. The molecule has 7 heteroatoms. The third-order valence-corrected chi connectivity index (χ3v) is 6.43. The van der Waals surface area contributed by atoms with Gasteiger partial charge in [-0.15, -0.1) is 10.2 Å². The first-order valence-electron chi connectivity index (χ1n) is 10.5. The summed E-state index contributed by atoms with van der Waals surface area (Å²) in [5.74, 6) is 0.893. The number of hydrogen-bond donors (Lipinski definition) is 0. The fourth-order valence-corrected chi connectivity index (χ4v) is 4.55. The molecule has 7 nitrogen and oxygen atoms in total. The second kappa shape index (κ2) is 7.97. The first-order chi connectivity index (χ1) is 13.9. The van der Waals surface area contributed by atoms with Gasteiger partial charge in [0.05, 0.1) is 5.69 Å². The van der Waals surface area contributed by atoms with E-state index in [1.54, 1.807) is 10.8 Å². The predicted molar refractivity (Wildman–Crippen MR) is 112 cm³/mol. The van der Waals surface area contributed by atoms with E-state index in [-0.39, 0.29) is 5.91 Å². The number of nitrogens with zero attached hydrogens (tertiary/aromatic N) is 6. The van der Waals surface area contributed by atoms with Crippen molar-refractivity contribution in [1.82, 2.24) is 29.3 Å². The molecule has 0 N–H and O–H groups in total. The number of likely N-dealkylation sites (tertiary alicyclic amines) is 1. The molecule has 0 spiro atoms. The Labute approximate surface area is 171 Å². The maximum Gasteiger partial charge on any atom is 0.222 e. The van der Waals surface area contributed by atoms with Crippen LogP contribution in [0.5, 0.6) is 0 Å². The molecule has 154 valence electrons. The Morgan fingerprint density at radius 1 is 1.10 bits per heavy atom. The monoisotopic (exact) mass is 394 g/mol. The fourth-order valence-electron chi connectivity index (χ4n) is 4.55. The largest absolute Gasteiger partial charge is 0.349 e. The van der Waals surface area contributed by atoms with Crippen molar-refractivity contribution in [3.63, 3.8) is 0 Å². The van der Waals surface area contributed by atoms with Crippen molar-refractivity contribution in [3.05, 3.63) is 46.7 Å². The maximum atomic E-state index is 12.8. The van der Waals surface area contributed by atoms with Crippen LogP contribution in [-0.2, 0) is 17.8 Å². The molecule has 1 saturated heterocycles. The number of fused-ring (bicyclic) bond motifs is 1. The van der Waals surface area contributed by atoms with E-state index in [0.29, 0.717) is 18.8 Å². The highest BCUT2D eigenvalue weighted by Gasteiger charge is 2.24. The van der Waals surface area contributed by atoms with Crippen molar-refractivity contribution >= 4 is 11.6 Å². The van der Waals surface area contributed by atoms with Crippen LogP contribution < -0.4 is 0 Å². The summed E-state index contributed by atoms with van der Waals surface area (Å²) < 4.78 is 4.11. The van der Waals surface area contributed by atoms with Gasteiger partial charge in [0.15, 0.2) is 5.65 Å². The highest BCUT2D eigenvalue weighted by molar-refractivity contribution is 5.76. The lowest BCUT2D eigenvalue weighted by Gasteiger charge is -2.33. The molecule has 0 aliphatic carbocycles. The number of aryl methyl sites for hydroxylation is 4. The Morgan fingerprint density at radius 2 is 1.79 bits per heavy atom. The van der Waals surface area contributed by atoms with Crippen LogP contribution in [0.2, 0.25) is 0 Å². The van der Waals surface area contributed by atoms with Crippen molar-refractivity contribution in [2.45, 2.75) is 59.9 Å². The van der Waals surface area contributed by atoms with Crippen LogP contribution >= 0.6 is 0 Å². The molecule has 0 saturated carbocycles. The van der Waals surface area contributed by atoms with Crippen LogP contribution in [0.1, 0.15) is 47.5 Å². The van der Waals surface area contributed by atoms with Gasteiger partial charge >= 0.3 is 0 Å². The van der Waals surface area contributed by atoms with Crippen LogP contribution in [0.25, 0.3) is 5.65 Å². The number of rotatable bonds is 5. The molecule has 3 aromatic rings. The molecule has 4 rings (SSSR count). The van der Waals surface area contributed by atoms with Gasteiger partial charge in [0.25, 0.3) is 0 Å². The molecule has 0 atom stereocenters. The van der Waals surface area contributed by atoms with Crippen molar-refractivity contribution in [1.29, 1.82) is 0 Å². The minimum absolute atomic E-state index is 0.247. The van der Waals surface area contributed by atoms with Gasteiger partial charge in [-0.05, 0) is 70.6 Å². The molecule has 1 fully saturated rings. The lowest BCUT2D eigenvalue weighted by atomic mass is 9.95. The highest BCUT2D eigenvalue weighted by atomic mass is 16.2. The fraction of sp³-hybridized carbons (Fsp3) is 0.545. The minimum Gasteiger partial charge on any atom is -0.349 e. The average molecular weight is 395 g/mol. The van der Waals surface area contributed by atoms with Gasteiger partial charge in [-0.3, -0.25) is 4.79 Å². The van der Waals surface area contributed by atoms with Crippen LogP contribution in [0, 0.1) is 33.6 Å². The molecule has 1 aliphatic heterocycles. The molecule has 29 heavy (non-hydrogen) atoms. The Balaban J connectivity index is 1.32. The zero-order valence-electron chi connectivity index (χ0n) is 17.9. The predicted octanol–water partition coefficient (Wildman–Crippen LogP) is 3.03. The first kappa shape index (κ1) is 19.6. The van der Waals surface area contributed by atoms with Crippen LogP contribution in [0.15, 0.2) is 18.5 Å². The standard InChI is InChI=1S/C22H30N6O/c1-15-5-6-16(2)27(15)13-19-9-11-26(12-10-19)21(29)8-7-20-17(3)22-24-23-14-28(22)25-18(20)4/h5-6,14,19H,7-13H2,1-4H3. The second-order valence-electron chi connectivity index (χ2n) is 8.34. The van der Waals surface area contributed by atoms with E-state index in [2.05, 4.69) is 45.8 Å². The smallest absolute Gasteiger partial charge is 0.222 e. The third-order valence-electron chi connectivity index (χ3n) is 6.43.